The quantitative estimate of drug-likeness (QED) is 0.144. The van der Waals surface area contributed by atoms with Crippen molar-refractivity contribution in [1.82, 2.24) is 10.2 Å². The molecule has 0 aromatic rings. The first-order chi connectivity index (χ1) is 14.5. The average molecular weight is 432 g/mol. The van der Waals surface area contributed by atoms with Gasteiger partial charge in [-0.1, -0.05) is 0 Å². The largest absolute Gasteiger partial charge is 0.481 e. The number of carboxylic acid groups (broad SMARTS) is 1. The van der Waals surface area contributed by atoms with E-state index in [1.807, 2.05) is 0 Å². The number of carboxylic acids is 1. The van der Waals surface area contributed by atoms with Crippen LogP contribution in [-0.4, -0.2) is 107 Å². The molecule has 0 aliphatic heterocycles. The van der Waals surface area contributed by atoms with E-state index in [1.165, 1.54) is 4.90 Å². The molecule has 0 aliphatic carbocycles. The standard InChI is InChI=1S/C19H32N2O9/c1-21(18(24)3-2-8-22)7-4-17(23)20-6-10-28-12-14-30-16-15-29-13-11-27-9-5-19(25)26/h2-3,8H,4-7,9-16H2,1H3,(H,20,23)(H,25,26)/b3-2-. The normalized spacial score (nSPS) is 10.8. The molecule has 172 valence electrons. The summed E-state index contributed by atoms with van der Waals surface area (Å²) < 4.78 is 21.0. The van der Waals surface area contributed by atoms with E-state index < -0.39 is 5.97 Å². The van der Waals surface area contributed by atoms with Gasteiger partial charge in [-0.25, -0.2) is 0 Å². The van der Waals surface area contributed by atoms with E-state index in [1.54, 1.807) is 7.05 Å². The van der Waals surface area contributed by atoms with Crippen LogP contribution in [0.1, 0.15) is 12.8 Å². The molecular weight excluding hydrogens is 400 g/mol. The van der Waals surface area contributed by atoms with Crippen molar-refractivity contribution >= 4 is 24.1 Å². The maximum Gasteiger partial charge on any atom is 0.305 e. The van der Waals surface area contributed by atoms with Crippen molar-refractivity contribution in [2.45, 2.75) is 12.8 Å². The van der Waals surface area contributed by atoms with Crippen LogP contribution in [0.5, 0.6) is 0 Å². The van der Waals surface area contributed by atoms with Crippen molar-refractivity contribution in [3.05, 3.63) is 12.2 Å². The van der Waals surface area contributed by atoms with Crippen molar-refractivity contribution < 1.29 is 43.2 Å². The van der Waals surface area contributed by atoms with Crippen LogP contribution in [0, 0.1) is 0 Å². The molecule has 2 N–H and O–H groups in total. The molecule has 11 nitrogen and oxygen atoms in total. The predicted octanol–water partition coefficient (Wildman–Crippen LogP) is -0.753. The number of ether oxygens (including phenoxy) is 4. The van der Waals surface area contributed by atoms with Crippen molar-refractivity contribution in [3.8, 4) is 0 Å². The summed E-state index contributed by atoms with van der Waals surface area (Å²) in [5, 5.41) is 11.1. The Morgan fingerprint density at radius 3 is 1.93 bits per heavy atom. The third-order valence-electron chi connectivity index (χ3n) is 3.51. The van der Waals surface area contributed by atoms with Gasteiger partial charge in [0, 0.05) is 32.6 Å². The highest BCUT2D eigenvalue weighted by atomic mass is 16.6. The highest BCUT2D eigenvalue weighted by Gasteiger charge is 2.07. The Morgan fingerprint density at radius 1 is 0.867 bits per heavy atom. The summed E-state index contributed by atoms with van der Waals surface area (Å²) in [7, 11) is 1.55. The van der Waals surface area contributed by atoms with E-state index in [-0.39, 0.29) is 37.8 Å². The molecule has 0 fully saturated rings. The lowest BCUT2D eigenvalue weighted by molar-refractivity contribution is -0.138. The topological polar surface area (TPSA) is 141 Å². The zero-order valence-electron chi connectivity index (χ0n) is 17.4. The summed E-state index contributed by atoms with van der Waals surface area (Å²) in [6.07, 6.45) is 2.90. The second-order valence-corrected chi connectivity index (χ2v) is 5.95. The van der Waals surface area contributed by atoms with E-state index in [9.17, 15) is 19.2 Å². The minimum Gasteiger partial charge on any atom is -0.481 e. The molecule has 30 heavy (non-hydrogen) atoms. The SMILES string of the molecule is CN(CCC(=O)NCCOCCOCCOCCOCCC(=O)O)C(=O)/C=C\C=O. The van der Waals surface area contributed by atoms with E-state index in [2.05, 4.69) is 5.32 Å². The number of nitrogens with one attached hydrogen (secondary N) is 1. The number of rotatable bonds is 20. The molecule has 0 heterocycles. The molecule has 0 saturated carbocycles. The Kier molecular flexibility index (Phi) is 18.4. The smallest absolute Gasteiger partial charge is 0.305 e. The van der Waals surface area contributed by atoms with Gasteiger partial charge in [0.15, 0.2) is 0 Å². The minimum atomic E-state index is -0.893. The molecule has 11 heteroatoms. The van der Waals surface area contributed by atoms with Gasteiger partial charge in [-0.05, 0) is 6.08 Å². The fraction of sp³-hybridized carbons (Fsp3) is 0.684. The molecule has 0 rings (SSSR count). The van der Waals surface area contributed by atoms with Gasteiger partial charge in [-0.3, -0.25) is 19.2 Å². The lowest BCUT2D eigenvalue weighted by atomic mass is 10.3. The lowest BCUT2D eigenvalue weighted by Gasteiger charge is -2.14. The summed E-state index contributed by atoms with van der Waals surface area (Å²) >= 11 is 0. The third-order valence-corrected chi connectivity index (χ3v) is 3.51. The number of likely N-dealkylation sites (N-methyl/N-ethyl adjacent to an activating group) is 1. The number of allylic oxidation sites excluding steroid dienone is 1. The second-order valence-electron chi connectivity index (χ2n) is 5.95. The molecule has 0 spiro atoms. The molecule has 0 unspecified atom stereocenters. The van der Waals surface area contributed by atoms with Gasteiger partial charge in [-0.15, -0.1) is 0 Å². The van der Waals surface area contributed by atoms with E-state index in [0.717, 1.165) is 12.2 Å². The van der Waals surface area contributed by atoms with Crippen molar-refractivity contribution in [2.24, 2.45) is 0 Å². The molecule has 0 bridgehead atoms. The third kappa shape index (κ3) is 19.0. The number of nitrogens with zero attached hydrogens (tertiary/aromatic N) is 1. The van der Waals surface area contributed by atoms with Crippen molar-refractivity contribution in [2.75, 3.05) is 73.0 Å². The Labute approximate surface area is 176 Å². The van der Waals surface area contributed by atoms with Crippen LogP contribution in [0.25, 0.3) is 0 Å². The van der Waals surface area contributed by atoms with E-state index >= 15 is 0 Å². The molecule has 0 aromatic heterocycles. The molecule has 0 atom stereocenters. The zero-order valence-corrected chi connectivity index (χ0v) is 17.4. The van der Waals surface area contributed by atoms with Crippen LogP contribution in [0.4, 0.5) is 0 Å². The van der Waals surface area contributed by atoms with Crippen LogP contribution in [-0.2, 0) is 38.1 Å². The van der Waals surface area contributed by atoms with Crippen LogP contribution in [0.15, 0.2) is 12.2 Å². The lowest BCUT2D eigenvalue weighted by Crippen LogP contribution is -2.33. The molecule has 0 saturated heterocycles. The summed E-state index contributed by atoms with van der Waals surface area (Å²) in [6.45, 7) is 3.42. The van der Waals surface area contributed by atoms with Gasteiger partial charge >= 0.3 is 5.97 Å². The van der Waals surface area contributed by atoms with Crippen LogP contribution in [0.2, 0.25) is 0 Å². The van der Waals surface area contributed by atoms with Crippen LogP contribution < -0.4 is 5.32 Å². The average Bonchev–Trinajstić information content (AvgIpc) is 2.72. The van der Waals surface area contributed by atoms with Gasteiger partial charge < -0.3 is 34.3 Å². The molecular formula is C19H32N2O9. The van der Waals surface area contributed by atoms with Gasteiger partial charge in [0.25, 0.3) is 0 Å². The summed E-state index contributed by atoms with van der Waals surface area (Å²) in [6, 6.07) is 0. The number of aldehydes is 1. The molecule has 0 aromatic carbocycles. The highest BCUT2D eigenvalue weighted by molar-refractivity contribution is 5.91. The Bertz CT molecular complexity index is 526. The second kappa shape index (κ2) is 20.0. The van der Waals surface area contributed by atoms with Crippen molar-refractivity contribution in [1.29, 1.82) is 0 Å². The van der Waals surface area contributed by atoms with Gasteiger partial charge in [-0.2, -0.15) is 0 Å². The van der Waals surface area contributed by atoms with Crippen molar-refractivity contribution in [3.63, 3.8) is 0 Å². The first-order valence-corrected chi connectivity index (χ1v) is 9.63. The predicted molar refractivity (Wildman–Crippen MR) is 106 cm³/mol. The minimum absolute atomic E-state index is 0.0214. The molecule has 0 aliphatic rings. The Morgan fingerprint density at radius 2 is 1.40 bits per heavy atom. The monoisotopic (exact) mass is 432 g/mol. The highest BCUT2D eigenvalue weighted by Crippen LogP contribution is 1.91. The number of hydrogen-bond acceptors (Lipinski definition) is 8. The van der Waals surface area contributed by atoms with E-state index in [0.29, 0.717) is 59.1 Å². The maximum absolute atomic E-state index is 11.7. The van der Waals surface area contributed by atoms with Gasteiger partial charge in [0.05, 0.1) is 59.3 Å². The first kappa shape index (κ1) is 27.7. The van der Waals surface area contributed by atoms with E-state index in [4.69, 9.17) is 24.1 Å². The summed E-state index contributed by atoms with van der Waals surface area (Å²) in [5.74, 6) is -1.43. The Balaban J connectivity index is 3.36. The molecule has 0 radical (unpaired) electrons. The number of hydrogen-bond donors (Lipinski definition) is 2. The number of amides is 2. The Hall–Kier alpha value is -2.34. The fourth-order valence-corrected chi connectivity index (χ4v) is 1.90. The van der Waals surface area contributed by atoms with Gasteiger partial charge in [0.1, 0.15) is 6.29 Å². The number of carbonyl (C=O) groups excluding carboxylic acids is 3. The number of aliphatic carboxylic acids is 1. The van der Waals surface area contributed by atoms with Gasteiger partial charge in [0.2, 0.25) is 11.8 Å². The fourth-order valence-electron chi connectivity index (χ4n) is 1.90. The summed E-state index contributed by atoms with van der Waals surface area (Å²) in [5.41, 5.74) is 0. The zero-order chi connectivity index (χ0) is 22.5. The number of carbonyl (C=O) groups is 4. The maximum atomic E-state index is 11.7. The molecule has 2 amide bonds. The van der Waals surface area contributed by atoms with Crippen LogP contribution >= 0.6 is 0 Å². The first-order valence-electron chi connectivity index (χ1n) is 9.63. The van der Waals surface area contributed by atoms with Crippen LogP contribution in [0.3, 0.4) is 0 Å². The summed E-state index contributed by atoms with van der Waals surface area (Å²) in [4.78, 5) is 45.0.